The second kappa shape index (κ2) is 3.82. The number of ether oxygens (including phenoxy) is 1. The summed E-state index contributed by atoms with van der Waals surface area (Å²) in [5.74, 6) is -0.157. The van der Waals surface area contributed by atoms with Crippen molar-refractivity contribution in [1.82, 2.24) is 0 Å². The van der Waals surface area contributed by atoms with E-state index in [2.05, 4.69) is 0 Å². The van der Waals surface area contributed by atoms with E-state index in [1.807, 2.05) is 26.0 Å². The molecular formula is C13H18FNO. The van der Waals surface area contributed by atoms with Gasteiger partial charge < -0.3 is 10.5 Å². The highest BCUT2D eigenvalue weighted by molar-refractivity contribution is 5.30. The molecule has 1 aromatic carbocycles. The molecule has 0 amide bonds. The van der Waals surface area contributed by atoms with E-state index in [1.54, 1.807) is 6.07 Å². The standard InChI is InChI=1S/C13H18FNO/c1-12(2,15)7-13(8-16-9-13)10-5-3-4-6-11(10)14/h3-6H,7-9,15H2,1-2H3. The van der Waals surface area contributed by atoms with Crippen LogP contribution in [0.5, 0.6) is 0 Å². The predicted octanol–water partition coefficient (Wildman–Crippen LogP) is 2.22. The molecule has 0 saturated carbocycles. The minimum atomic E-state index is -0.313. The van der Waals surface area contributed by atoms with Gasteiger partial charge >= 0.3 is 0 Å². The summed E-state index contributed by atoms with van der Waals surface area (Å²) < 4.78 is 19.1. The Balaban J connectivity index is 2.32. The molecule has 0 spiro atoms. The third-order valence-corrected chi connectivity index (χ3v) is 3.00. The van der Waals surface area contributed by atoms with Crippen LogP contribution in [-0.4, -0.2) is 18.8 Å². The van der Waals surface area contributed by atoms with Crippen molar-refractivity contribution >= 4 is 0 Å². The largest absolute Gasteiger partial charge is 0.379 e. The topological polar surface area (TPSA) is 35.2 Å². The highest BCUT2D eigenvalue weighted by atomic mass is 19.1. The molecule has 1 fully saturated rings. The van der Waals surface area contributed by atoms with Gasteiger partial charge in [-0.05, 0) is 31.9 Å². The van der Waals surface area contributed by atoms with Gasteiger partial charge in [0.1, 0.15) is 5.82 Å². The van der Waals surface area contributed by atoms with Crippen LogP contribution >= 0.6 is 0 Å². The van der Waals surface area contributed by atoms with Gasteiger partial charge in [0.25, 0.3) is 0 Å². The van der Waals surface area contributed by atoms with Crippen molar-refractivity contribution in [1.29, 1.82) is 0 Å². The third kappa shape index (κ3) is 2.11. The van der Waals surface area contributed by atoms with Crippen LogP contribution in [0.15, 0.2) is 24.3 Å². The van der Waals surface area contributed by atoms with E-state index in [0.717, 1.165) is 12.0 Å². The zero-order chi connectivity index (χ0) is 11.8. The highest BCUT2D eigenvalue weighted by Gasteiger charge is 2.44. The Morgan fingerprint density at radius 2 is 2.00 bits per heavy atom. The van der Waals surface area contributed by atoms with Gasteiger partial charge in [-0.25, -0.2) is 4.39 Å². The zero-order valence-electron chi connectivity index (χ0n) is 9.79. The quantitative estimate of drug-likeness (QED) is 0.852. The van der Waals surface area contributed by atoms with Crippen molar-refractivity contribution < 1.29 is 9.13 Å². The van der Waals surface area contributed by atoms with Gasteiger partial charge in [0.15, 0.2) is 0 Å². The minimum absolute atomic E-state index is 0.157. The number of rotatable bonds is 3. The van der Waals surface area contributed by atoms with Crippen molar-refractivity contribution in [3.63, 3.8) is 0 Å². The van der Waals surface area contributed by atoms with E-state index < -0.39 is 0 Å². The molecule has 1 saturated heterocycles. The zero-order valence-corrected chi connectivity index (χ0v) is 9.79. The van der Waals surface area contributed by atoms with Crippen molar-refractivity contribution in [3.05, 3.63) is 35.6 Å². The van der Waals surface area contributed by atoms with E-state index in [0.29, 0.717) is 13.2 Å². The maximum atomic E-state index is 13.8. The lowest BCUT2D eigenvalue weighted by Crippen LogP contribution is -2.53. The number of hydrogen-bond acceptors (Lipinski definition) is 2. The normalized spacial score (nSPS) is 19.2. The first-order valence-corrected chi connectivity index (χ1v) is 5.55. The summed E-state index contributed by atoms with van der Waals surface area (Å²) in [7, 11) is 0. The molecule has 0 radical (unpaired) electrons. The summed E-state index contributed by atoms with van der Waals surface area (Å²) in [4.78, 5) is 0. The van der Waals surface area contributed by atoms with Crippen molar-refractivity contribution in [3.8, 4) is 0 Å². The van der Waals surface area contributed by atoms with Crippen LogP contribution in [0.25, 0.3) is 0 Å². The second-order valence-electron chi connectivity index (χ2n) is 5.42. The molecule has 0 atom stereocenters. The van der Waals surface area contributed by atoms with Gasteiger partial charge in [-0.3, -0.25) is 0 Å². The fourth-order valence-corrected chi connectivity index (χ4v) is 2.46. The van der Waals surface area contributed by atoms with Crippen LogP contribution in [0.3, 0.4) is 0 Å². The fourth-order valence-electron chi connectivity index (χ4n) is 2.46. The molecule has 0 aromatic heterocycles. The van der Waals surface area contributed by atoms with E-state index in [-0.39, 0.29) is 16.8 Å². The molecule has 3 heteroatoms. The van der Waals surface area contributed by atoms with Crippen LogP contribution in [-0.2, 0) is 10.2 Å². The van der Waals surface area contributed by atoms with Gasteiger partial charge in [-0.1, -0.05) is 18.2 Å². The first-order valence-electron chi connectivity index (χ1n) is 5.55. The molecular weight excluding hydrogens is 205 g/mol. The molecule has 2 rings (SSSR count). The van der Waals surface area contributed by atoms with Gasteiger partial charge in [0, 0.05) is 11.0 Å². The van der Waals surface area contributed by atoms with Gasteiger partial charge in [-0.2, -0.15) is 0 Å². The van der Waals surface area contributed by atoms with Crippen LogP contribution in [0.4, 0.5) is 4.39 Å². The Morgan fingerprint density at radius 3 is 2.44 bits per heavy atom. The molecule has 1 aliphatic rings. The molecule has 0 unspecified atom stereocenters. The average molecular weight is 223 g/mol. The number of hydrogen-bond donors (Lipinski definition) is 1. The Bertz CT molecular complexity index is 380. The first-order chi connectivity index (χ1) is 7.43. The lowest BCUT2D eigenvalue weighted by molar-refractivity contribution is -0.0734. The summed E-state index contributed by atoms with van der Waals surface area (Å²) in [6.45, 7) is 5.06. The monoisotopic (exact) mass is 223 g/mol. The highest BCUT2D eigenvalue weighted by Crippen LogP contribution is 2.39. The van der Waals surface area contributed by atoms with E-state index in [9.17, 15) is 4.39 Å². The molecule has 2 N–H and O–H groups in total. The first kappa shape index (κ1) is 11.6. The molecule has 88 valence electrons. The maximum absolute atomic E-state index is 13.8. The van der Waals surface area contributed by atoms with Gasteiger partial charge in [0.2, 0.25) is 0 Å². The fraction of sp³-hybridized carbons (Fsp3) is 0.538. The maximum Gasteiger partial charge on any atom is 0.127 e. The van der Waals surface area contributed by atoms with Crippen molar-refractivity contribution in [2.45, 2.75) is 31.2 Å². The molecule has 0 bridgehead atoms. The number of nitrogens with two attached hydrogens (primary N) is 1. The SMILES string of the molecule is CC(C)(N)CC1(c2ccccc2F)COC1. The average Bonchev–Trinajstić information content (AvgIpc) is 2.11. The molecule has 1 aromatic rings. The van der Waals surface area contributed by atoms with Gasteiger partial charge in [0.05, 0.1) is 13.2 Å². The van der Waals surface area contributed by atoms with E-state index >= 15 is 0 Å². The number of benzene rings is 1. The van der Waals surface area contributed by atoms with Crippen LogP contribution in [0.2, 0.25) is 0 Å². The summed E-state index contributed by atoms with van der Waals surface area (Å²) in [5, 5.41) is 0. The minimum Gasteiger partial charge on any atom is -0.379 e. The third-order valence-electron chi connectivity index (χ3n) is 3.00. The second-order valence-corrected chi connectivity index (χ2v) is 5.42. The smallest absolute Gasteiger partial charge is 0.127 e. The van der Waals surface area contributed by atoms with E-state index in [1.165, 1.54) is 6.07 Å². The van der Waals surface area contributed by atoms with E-state index in [4.69, 9.17) is 10.5 Å². The van der Waals surface area contributed by atoms with Crippen LogP contribution in [0, 0.1) is 5.82 Å². The Hall–Kier alpha value is -0.930. The molecule has 2 nitrogen and oxygen atoms in total. The van der Waals surface area contributed by atoms with Crippen molar-refractivity contribution in [2.75, 3.05) is 13.2 Å². The summed E-state index contributed by atoms with van der Waals surface area (Å²) in [6, 6.07) is 6.91. The predicted molar refractivity (Wildman–Crippen MR) is 61.8 cm³/mol. The molecule has 0 aliphatic carbocycles. The summed E-state index contributed by atoms with van der Waals surface area (Å²) in [6.07, 6.45) is 0.737. The Kier molecular flexibility index (Phi) is 2.76. The Labute approximate surface area is 95.6 Å². The van der Waals surface area contributed by atoms with Crippen LogP contribution < -0.4 is 5.73 Å². The lowest BCUT2D eigenvalue weighted by atomic mass is 9.70. The van der Waals surface area contributed by atoms with Gasteiger partial charge in [-0.15, -0.1) is 0 Å². The molecule has 16 heavy (non-hydrogen) atoms. The molecule has 1 heterocycles. The lowest BCUT2D eigenvalue weighted by Gasteiger charge is -2.45. The molecule has 1 aliphatic heterocycles. The van der Waals surface area contributed by atoms with Crippen LogP contribution in [0.1, 0.15) is 25.8 Å². The Morgan fingerprint density at radius 1 is 1.38 bits per heavy atom. The summed E-state index contributed by atoms with van der Waals surface area (Å²) in [5.41, 5.74) is 6.23. The number of halogens is 1. The summed E-state index contributed by atoms with van der Waals surface area (Å²) >= 11 is 0. The van der Waals surface area contributed by atoms with Crippen molar-refractivity contribution in [2.24, 2.45) is 5.73 Å².